The number of aromatic nitrogens is 4. The van der Waals surface area contributed by atoms with E-state index in [2.05, 4.69) is 46.4 Å². The summed E-state index contributed by atoms with van der Waals surface area (Å²) in [6, 6.07) is 11.2. The number of imidazole rings is 1. The Morgan fingerprint density at radius 2 is 2.00 bits per heavy atom. The lowest BCUT2D eigenvalue weighted by atomic mass is 9.81. The van der Waals surface area contributed by atoms with Gasteiger partial charge in [-0.1, -0.05) is 19.1 Å². The molecule has 1 fully saturated rings. The molecule has 32 heavy (non-hydrogen) atoms. The largest absolute Gasteiger partial charge is 0.345 e. The van der Waals surface area contributed by atoms with Crippen LogP contribution in [0.5, 0.6) is 0 Å². The highest BCUT2D eigenvalue weighted by Gasteiger charge is 2.28. The van der Waals surface area contributed by atoms with Crippen LogP contribution >= 0.6 is 0 Å². The molecule has 8 heteroatoms. The molecular formula is C24H26N6O2. The van der Waals surface area contributed by atoms with Gasteiger partial charge in [0.15, 0.2) is 0 Å². The summed E-state index contributed by atoms with van der Waals surface area (Å²) >= 11 is 0. The Balaban J connectivity index is 1.26. The highest BCUT2D eigenvalue weighted by Crippen LogP contribution is 2.31. The number of hydrogen-bond acceptors (Lipinski definition) is 5. The van der Waals surface area contributed by atoms with E-state index in [4.69, 9.17) is 0 Å². The zero-order valence-electron chi connectivity index (χ0n) is 18.2. The van der Waals surface area contributed by atoms with Crippen molar-refractivity contribution in [2.75, 3.05) is 7.05 Å². The monoisotopic (exact) mass is 430 g/mol. The Morgan fingerprint density at radius 1 is 1.16 bits per heavy atom. The molecule has 5 rings (SSSR count). The van der Waals surface area contributed by atoms with Gasteiger partial charge in [-0.3, -0.25) is 18.9 Å². The normalized spacial score (nSPS) is 18.2. The van der Waals surface area contributed by atoms with E-state index in [-0.39, 0.29) is 17.8 Å². The van der Waals surface area contributed by atoms with Gasteiger partial charge in [-0.25, -0.2) is 9.97 Å². The van der Waals surface area contributed by atoms with Crippen LogP contribution in [-0.2, 0) is 13.1 Å². The zero-order chi connectivity index (χ0) is 22.2. The third-order valence-electron chi connectivity index (χ3n) is 6.20. The van der Waals surface area contributed by atoms with Gasteiger partial charge in [-0.2, -0.15) is 0 Å². The summed E-state index contributed by atoms with van der Waals surface area (Å²) in [6.07, 6.45) is 8.19. The van der Waals surface area contributed by atoms with Crippen molar-refractivity contribution in [3.05, 3.63) is 82.3 Å². The minimum Gasteiger partial charge on any atom is -0.345 e. The first-order valence-corrected chi connectivity index (χ1v) is 10.9. The van der Waals surface area contributed by atoms with Crippen LogP contribution in [0.15, 0.2) is 59.8 Å². The maximum absolute atomic E-state index is 12.6. The van der Waals surface area contributed by atoms with Gasteiger partial charge >= 0.3 is 0 Å². The first-order chi connectivity index (χ1) is 15.5. The maximum atomic E-state index is 12.6. The van der Waals surface area contributed by atoms with Crippen LogP contribution in [-0.4, -0.2) is 42.7 Å². The first kappa shape index (κ1) is 20.4. The Morgan fingerprint density at radius 3 is 2.81 bits per heavy atom. The van der Waals surface area contributed by atoms with Gasteiger partial charge in [0.1, 0.15) is 17.0 Å². The van der Waals surface area contributed by atoms with E-state index in [9.17, 15) is 9.59 Å². The zero-order valence-corrected chi connectivity index (χ0v) is 18.2. The lowest BCUT2D eigenvalue weighted by molar-refractivity contribution is 0.0945. The van der Waals surface area contributed by atoms with Crippen molar-refractivity contribution < 1.29 is 4.79 Å². The van der Waals surface area contributed by atoms with Gasteiger partial charge in [0, 0.05) is 37.2 Å². The quantitative estimate of drug-likeness (QED) is 0.508. The molecule has 1 aliphatic carbocycles. The summed E-state index contributed by atoms with van der Waals surface area (Å²) in [4.78, 5) is 36.1. The lowest BCUT2D eigenvalue weighted by Gasteiger charge is -2.39. The molecule has 0 unspecified atom stereocenters. The van der Waals surface area contributed by atoms with E-state index >= 15 is 0 Å². The van der Waals surface area contributed by atoms with Crippen LogP contribution in [0.2, 0.25) is 0 Å². The maximum Gasteiger partial charge on any atom is 0.270 e. The summed E-state index contributed by atoms with van der Waals surface area (Å²) in [6.45, 7) is 3.46. The molecule has 1 N–H and O–H groups in total. The fourth-order valence-electron chi connectivity index (χ4n) is 4.34. The summed E-state index contributed by atoms with van der Waals surface area (Å²) in [5.41, 5.74) is 3.05. The summed E-state index contributed by atoms with van der Waals surface area (Å²) in [5, 5.41) is 2.82. The van der Waals surface area contributed by atoms with Crippen molar-refractivity contribution in [3.63, 3.8) is 0 Å². The van der Waals surface area contributed by atoms with E-state index in [0.717, 1.165) is 23.8 Å². The van der Waals surface area contributed by atoms with E-state index in [1.54, 1.807) is 24.4 Å². The third-order valence-corrected chi connectivity index (χ3v) is 6.20. The van der Waals surface area contributed by atoms with Crippen molar-refractivity contribution in [1.29, 1.82) is 0 Å². The van der Waals surface area contributed by atoms with Crippen LogP contribution in [0.4, 0.5) is 0 Å². The molecule has 4 heterocycles. The standard InChI is InChI=1S/C24H26N6O2/c1-16-9-19(10-16)28(2)13-17-6-7-21-26-18(15-29(21)14-17)12-25-24(32)20-11-23(31)30-8-4-3-5-22(30)27-20/h3-8,11,14-16,19H,9-10,12-13H2,1-2H3,(H,25,32). The second-order valence-corrected chi connectivity index (χ2v) is 8.77. The number of carbonyl (C=O) groups excluding carboxylic acids is 1. The Hall–Kier alpha value is -3.52. The number of fused-ring (bicyclic) bond motifs is 2. The van der Waals surface area contributed by atoms with Gasteiger partial charge in [0.2, 0.25) is 0 Å². The second-order valence-electron chi connectivity index (χ2n) is 8.77. The fraction of sp³-hybridized carbons (Fsp3) is 0.333. The van der Waals surface area contributed by atoms with Crippen molar-refractivity contribution in [3.8, 4) is 0 Å². The number of hydrogen-bond donors (Lipinski definition) is 1. The Bertz CT molecular complexity index is 1350. The van der Waals surface area contributed by atoms with Gasteiger partial charge < -0.3 is 9.72 Å². The predicted molar refractivity (Wildman–Crippen MR) is 121 cm³/mol. The molecule has 1 amide bonds. The van der Waals surface area contributed by atoms with Gasteiger partial charge in [-0.15, -0.1) is 0 Å². The smallest absolute Gasteiger partial charge is 0.270 e. The highest BCUT2D eigenvalue weighted by molar-refractivity contribution is 5.92. The SMILES string of the molecule is CC1CC(N(C)Cc2ccc3nc(CNC(=O)c4cc(=O)n5ccccc5n4)cn3c2)C1. The van der Waals surface area contributed by atoms with Gasteiger partial charge in [-0.05, 0) is 49.6 Å². The lowest BCUT2D eigenvalue weighted by Crippen LogP contribution is -2.41. The van der Waals surface area contributed by atoms with Gasteiger partial charge in [0.25, 0.3) is 11.5 Å². The summed E-state index contributed by atoms with van der Waals surface area (Å²) in [5.74, 6) is 0.433. The Labute approximate surface area is 185 Å². The molecule has 4 aromatic heterocycles. The molecule has 4 aromatic rings. The van der Waals surface area contributed by atoms with Crippen LogP contribution in [0.25, 0.3) is 11.3 Å². The van der Waals surface area contributed by atoms with E-state index in [1.165, 1.54) is 28.9 Å². The number of nitrogens with zero attached hydrogens (tertiary/aromatic N) is 5. The Kier molecular flexibility index (Phi) is 5.22. The molecule has 0 aliphatic heterocycles. The second kappa shape index (κ2) is 8.20. The van der Waals surface area contributed by atoms with Crippen molar-refractivity contribution >= 4 is 17.2 Å². The summed E-state index contributed by atoms with van der Waals surface area (Å²) in [7, 11) is 2.18. The average molecular weight is 431 g/mol. The van der Waals surface area contributed by atoms with E-state index in [0.29, 0.717) is 11.7 Å². The molecule has 0 spiro atoms. The number of carbonyl (C=O) groups is 1. The number of nitrogens with one attached hydrogen (secondary N) is 1. The molecule has 0 atom stereocenters. The predicted octanol–water partition coefficient (Wildman–Crippen LogP) is 2.50. The number of amides is 1. The van der Waals surface area contributed by atoms with Crippen LogP contribution in [0.1, 0.15) is 41.5 Å². The van der Waals surface area contributed by atoms with Crippen LogP contribution < -0.4 is 10.9 Å². The average Bonchev–Trinajstić information content (AvgIpc) is 3.17. The summed E-state index contributed by atoms with van der Waals surface area (Å²) < 4.78 is 3.40. The molecule has 0 radical (unpaired) electrons. The van der Waals surface area contributed by atoms with E-state index in [1.807, 2.05) is 16.7 Å². The molecule has 0 saturated heterocycles. The molecular weight excluding hydrogens is 404 g/mol. The van der Waals surface area contributed by atoms with Gasteiger partial charge in [0.05, 0.1) is 12.2 Å². The first-order valence-electron chi connectivity index (χ1n) is 10.9. The number of pyridine rings is 2. The molecule has 164 valence electrons. The molecule has 8 nitrogen and oxygen atoms in total. The van der Waals surface area contributed by atoms with Crippen LogP contribution in [0, 0.1) is 5.92 Å². The van der Waals surface area contributed by atoms with Crippen molar-refractivity contribution in [1.82, 2.24) is 29.0 Å². The number of rotatable bonds is 6. The van der Waals surface area contributed by atoms with Crippen LogP contribution in [0.3, 0.4) is 0 Å². The highest BCUT2D eigenvalue weighted by atomic mass is 16.2. The van der Waals surface area contributed by atoms with E-state index < -0.39 is 5.91 Å². The van der Waals surface area contributed by atoms with Crippen molar-refractivity contribution in [2.45, 2.75) is 38.9 Å². The minimum atomic E-state index is -0.400. The molecule has 1 saturated carbocycles. The topological polar surface area (TPSA) is 84.0 Å². The fourth-order valence-corrected chi connectivity index (χ4v) is 4.34. The molecule has 0 bridgehead atoms. The van der Waals surface area contributed by atoms with Crippen molar-refractivity contribution in [2.24, 2.45) is 5.92 Å². The molecule has 0 aromatic carbocycles. The minimum absolute atomic E-state index is 0.0978. The third kappa shape index (κ3) is 4.01. The molecule has 1 aliphatic rings.